The van der Waals surface area contributed by atoms with E-state index in [1.54, 1.807) is 48.5 Å². The molecule has 0 saturated carbocycles. The number of rotatable bonds is 7. The molecule has 8 heteroatoms. The van der Waals surface area contributed by atoms with Gasteiger partial charge in [0.05, 0.1) is 18.0 Å². The number of esters is 1. The van der Waals surface area contributed by atoms with Crippen LogP contribution in [0.3, 0.4) is 0 Å². The predicted octanol–water partition coefficient (Wildman–Crippen LogP) is 1.99. The molecule has 0 fully saturated rings. The molecule has 0 atom stereocenters. The van der Waals surface area contributed by atoms with E-state index in [4.69, 9.17) is 14.2 Å². The SMILES string of the molecule is CCOc1ccccc1NC(=O)COC(=O)CN1C(=O)COc2ccccc21. The third-order valence-corrected chi connectivity index (χ3v) is 3.92. The highest BCUT2D eigenvalue weighted by Gasteiger charge is 2.27. The van der Waals surface area contributed by atoms with Crippen molar-refractivity contribution < 1.29 is 28.6 Å². The van der Waals surface area contributed by atoms with Crippen LogP contribution in [0.15, 0.2) is 48.5 Å². The van der Waals surface area contributed by atoms with Crippen LogP contribution >= 0.6 is 0 Å². The van der Waals surface area contributed by atoms with Crippen LogP contribution in [-0.4, -0.2) is 44.1 Å². The Balaban J connectivity index is 1.55. The molecule has 0 aromatic heterocycles. The van der Waals surface area contributed by atoms with Crippen molar-refractivity contribution >= 4 is 29.2 Å². The summed E-state index contributed by atoms with van der Waals surface area (Å²) in [6.07, 6.45) is 0. The molecule has 1 aliphatic heterocycles. The fraction of sp³-hybridized carbons (Fsp3) is 0.250. The number of carbonyl (C=O) groups is 3. The number of hydrogen-bond acceptors (Lipinski definition) is 6. The molecule has 2 aromatic rings. The van der Waals surface area contributed by atoms with E-state index < -0.39 is 18.5 Å². The quantitative estimate of drug-likeness (QED) is 0.734. The zero-order chi connectivity index (χ0) is 19.9. The largest absolute Gasteiger partial charge is 0.492 e. The monoisotopic (exact) mass is 384 g/mol. The number of ether oxygens (including phenoxy) is 3. The number of benzene rings is 2. The molecule has 0 aliphatic carbocycles. The fourth-order valence-corrected chi connectivity index (χ4v) is 2.69. The van der Waals surface area contributed by atoms with E-state index in [1.165, 1.54) is 4.90 Å². The first kappa shape index (κ1) is 19.2. The molecule has 0 radical (unpaired) electrons. The van der Waals surface area contributed by atoms with Crippen molar-refractivity contribution in [1.29, 1.82) is 0 Å². The Bertz CT molecular complexity index is 883. The molecule has 1 heterocycles. The summed E-state index contributed by atoms with van der Waals surface area (Å²) in [6, 6.07) is 13.9. The van der Waals surface area contributed by atoms with Crippen LogP contribution in [0.25, 0.3) is 0 Å². The third-order valence-electron chi connectivity index (χ3n) is 3.92. The number of hydrogen-bond donors (Lipinski definition) is 1. The van der Waals surface area contributed by atoms with Gasteiger partial charge in [-0.3, -0.25) is 19.3 Å². The lowest BCUT2D eigenvalue weighted by Gasteiger charge is -2.28. The van der Waals surface area contributed by atoms with Crippen molar-refractivity contribution in [2.24, 2.45) is 0 Å². The maximum atomic E-state index is 12.1. The van der Waals surface area contributed by atoms with Crippen molar-refractivity contribution in [3.63, 3.8) is 0 Å². The normalized spacial score (nSPS) is 12.6. The highest BCUT2D eigenvalue weighted by atomic mass is 16.5. The summed E-state index contributed by atoms with van der Waals surface area (Å²) < 4.78 is 15.8. The molecule has 0 bridgehead atoms. The molecule has 0 unspecified atom stereocenters. The first-order chi connectivity index (χ1) is 13.6. The van der Waals surface area contributed by atoms with Gasteiger partial charge in [-0.05, 0) is 31.2 Å². The standard InChI is InChI=1S/C20H20N2O6/c1-2-26-16-9-5-3-7-14(16)21-18(23)12-28-20(25)11-22-15-8-4-6-10-17(15)27-13-19(22)24/h3-10H,2,11-13H2,1H3,(H,21,23). The van der Waals surface area contributed by atoms with Crippen LogP contribution < -0.4 is 19.7 Å². The van der Waals surface area contributed by atoms with E-state index in [9.17, 15) is 14.4 Å². The Kier molecular flexibility index (Phi) is 6.11. The summed E-state index contributed by atoms with van der Waals surface area (Å²) in [6.45, 7) is 1.36. The second kappa shape index (κ2) is 8.90. The van der Waals surface area contributed by atoms with Gasteiger partial charge in [-0.1, -0.05) is 24.3 Å². The molecule has 0 saturated heterocycles. The summed E-state index contributed by atoms with van der Waals surface area (Å²) in [4.78, 5) is 37.6. The molecule has 8 nitrogen and oxygen atoms in total. The van der Waals surface area contributed by atoms with Crippen LogP contribution in [-0.2, 0) is 19.1 Å². The maximum absolute atomic E-state index is 12.1. The van der Waals surface area contributed by atoms with E-state index in [0.29, 0.717) is 29.5 Å². The highest BCUT2D eigenvalue weighted by molar-refractivity contribution is 6.01. The van der Waals surface area contributed by atoms with Gasteiger partial charge < -0.3 is 19.5 Å². The summed E-state index contributed by atoms with van der Waals surface area (Å²) in [5.41, 5.74) is 0.980. The van der Waals surface area contributed by atoms with Crippen LogP contribution in [0.4, 0.5) is 11.4 Å². The number of fused-ring (bicyclic) bond motifs is 1. The molecule has 1 N–H and O–H groups in total. The lowest BCUT2D eigenvalue weighted by Crippen LogP contribution is -2.42. The van der Waals surface area contributed by atoms with E-state index >= 15 is 0 Å². The molecular weight excluding hydrogens is 364 g/mol. The average molecular weight is 384 g/mol. The topological polar surface area (TPSA) is 94.2 Å². The summed E-state index contributed by atoms with van der Waals surface area (Å²) in [5, 5.41) is 2.64. The molecule has 2 amide bonds. The minimum atomic E-state index is -0.696. The van der Waals surface area contributed by atoms with Gasteiger partial charge in [-0.15, -0.1) is 0 Å². The van der Waals surface area contributed by atoms with E-state index in [2.05, 4.69) is 5.32 Å². The average Bonchev–Trinajstić information content (AvgIpc) is 2.70. The molecule has 1 aliphatic rings. The Hall–Kier alpha value is -3.55. The van der Waals surface area contributed by atoms with Crippen molar-refractivity contribution in [1.82, 2.24) is 0 Å². The number of amides is 2. The highest BCUT2D eigenvalue weighted by Crippen LogP contribution is 2.31. The fourth-order valence-electron chi connectivity index (χ4n) is 2.69. The number of nitrogens with one attached hydrogen (secondary N) is 1. The second-order valence-corrected chi connectivity index (χ2v) is 5.87. The number of anilines is 2. The van der Waals surface area contributed by atoms with Gasteiger partial charge in [0.2, 0.25) is 0 Å². The van der Waals surface area contributed by atoms with Crippen molar-refractivity contribution in [2.45, 2.75) is 6.92 Å². The summed E-state index contributed by atoms with van der Waals surface area (Å²) in [7, 11) is 0. The smallest absolute Gasteiger partial charge is 0.326 e. The summed E-state index contributed by atoms with van der Waals surface area (Å²) >= 11 is 0. The van der Waals surface area contributed by atoms with Crippen LogP contribution in [0.5, 0.6) is 11.5 Å². The minimum Gasteiger partial charge on any atom is -0.492 e. The van der Waals surface area contributed by atoms with Crippen molar-refractivity contribution in [3.05, 3.63) is 48.5 Å². The predicted molar refractivity (Wildman–Crippen MR) is 101 cm³/mol. The Morgan fingerprint density at radius 1 is 1.14 bits per heavy atom. The van der Waals surface area contributed by atoms with Gasteiger partial charge in [0.1, 0.15) is 18.0 Å². The zero-order valence-corrected chi connectivity index (χ0v) is 15.3. The van der Waals surface area contributed by atoms with Gasteiger partial charge in [0.15, 0.2) is 13.2 Å². The molecule has 2 aromatic carbocycles. The first-order valence-corrected chi connectivity index (χ1v) is 8.78. The van der Waals surface area contributed by atoms with Crippen LogP contribution in [0.2, 0.25) is 0 Å². The zero-order valence-electron chi connectivity index (χ0n) is 15.3. The molecule has 146 valence electrons. The van der Waals surface area contributed by atoms with Gasteiger partial charge >= 0.3 is 5.97 Å². The van der Waals surface area contributed by atoms with E-state index in [0.717, 1.165) is 0 Å². The van der Waals surface area contributed by atoms with Crippen LogP contribution in [0.1, 0.15) is 6.92 Å². The summed E-state index contributed by atoms with van der Waals surface area (Å²) in [5.74, 6) is -0.515. The van der Waals surface area contributed by atoms with E-state index in [-0.39, 0.29) is 19.1 Å². The molecule has 0 spiro atoms. The van der Waals surface area contributed by atoms with Gasteiger partial charge in [-0.25, -0.2) is 0 Å². The Morgan fingerprint density at radius 2 is 1.89 bits per heavy atom. The second-order valence-electron chi connectivity index (χ2n) is 5.87. The maximum Gasteiger partial charge on any atom is 0.326 e. The lowest BCUT2D eigenvalue weighted by atomic mass is 10.2. The Morgan fingerprint density at radius 3 is 2.71 bits per heavy atom. The third kappa shape index (κ3) is 4.59. The van der Waals surface area contributed by atoms with Gasteiger partial charge in [0, 0.05) is 0 Å². The number of nitrogens with zero attached hydrogens (tertiary/aromatic N) is 1. The van der Waals surface area contributed by atoms with Crippen LogP contribution in [0, 0.1) is 0 Å². The molecule has 3 rings (SSSR count). The van der Waals surface area contributed by atoms with Gasteiger partial charge in [0.25, 0.3) is 11.8 Å². The van der Waals surface area contributed by atoms with E-state index in [1.807, 2.05) is 6.92 Å². The number of carbonyl (C=O) groups excluding carboxylic acids is 3. The lowest BCUT2D eigenvalue weighted by molar-refractivity contribution is -0.146. The van der Waals surface area contributed by atoms with Gasteiger partial charge in [-0.2, -0.15) is 0 Å². The first-order valence-electron chi connectivity index (χ1n) is 8.78. The molecule has 28 heavy (non-hydrogen) atoms. The minimum absolute atomic E-state index is 0.154. The Labute approximate surface area is 162 Å². The molecular formula is C20H20N2O6. The van der Waals surface area contributed by atoms with Crippen molar-refractivity contribution in [2.75, 3.05) is 36.6 Å². The van der Waals surface area contributed by atoms with Crippen molar-refractivity contribution in [3.8, 4) is 11.5 Å². The number of para-hydroxylation sites is 4.